The first-order valence-electron chi connectivity index (χ1n) is 8.75. The number of nitrogens with one attached hydrogen (secondary N) is 1. The summed E-state index contributed by atoms with van der Waals surface area (Å²) in [7, 11) is 0. The average Bonchev–Trinajstić information content (AvgIpc) is 3.22. The number of carbonyl (C=O) groups is 2. The van der Waals surface area contributed by atoms with E-state index in [0.29, 0.717) is 11.3 Å². The first kappa shape index (κ1) is 21.0. The van der Waals surface area contributed by atoms with Crippen LogP contribution in [-0.4, -0.2) is 39.4 Å². The Bertz CT molecular complexity index is 1070. The summed E-state index contributed by atoms with van der Waals surface area (Å²) in [6.45, 7) is 1.93. The van der Waals surface area contributed by atoms with Gasteiger partial charge in [0.25, 0.3) is 10.9 Å². The van der Waals surface area contributed by atoms with Crippen LogP contribution in [0.15, 0.2) is 58.2 Å². The second-order valence-electron chi connectivity index (χ2n) is 5.78. The van der Waals surface area contributed by atoms with E-state index in [0.717, 1.165) is 11.8 Å². The Morgan fingerprint density at radius 2 is 1.90 bits per heavy atom. The number of amides is 1. The Morgan fingerprint density at radius 3 is 2.60 bits per heavy atom. The summed E-state index contributed by atoms with van der Waals surface area (Å²) < 4.78 is 10.5. The molecule has 0 saturated heterocycles. The summed E-state index contributed by atoms with van der Waals surface area (Å²) in [4.78, 5) is 34.4. The van der Waals surface area contributed by atoms with Crippen molar-refractivity contribution in [3.8, 4) is 11.5 Å². The van der Waals surface area contributed by atoms with Crippen molar-refractivity contribution in [2.75, 3.05) is 17.7 Å². The van der Waals surface area contributed by atoms with Crippen LogP contribution in [0.1, 0.15) is 17.3 Å². The molecule has 154 valence electrons. The van der Waals surface area contributed by atoms with Gasteiger partial charge in [-0.15, -0.1) is 10.2 Å². The molecule has 1 N–H and O–H groups in total. The minimum absolute atomic E-state index is 0.0287. The van der Waals surface area contributed by atoms with Crippen molar-refractivity contribution in [1.82, 2.24) is 10.2 Å². The fraction of sp³-hybridized carbons (Fsp3) is 0.158. The van der Waals surface area contributed by atoms with Crippen molar-refractivity contribution in [1.29, 1.82) is 0 Å². The lowest BCUT2D eigenvalue weighted by Gasteiger charge is -2.09. The molecule has 0 saturated carbocycles. The van der Waals surface area contributed by atoms with Gasteiger partial charge in [-0.2, -0.15) is 0 Å². The van der Waals surface area contributed by atoms with Gasteiger partial charge in [0.05, 0.1) is 28.5 Å². The maximum Gasteiger partial charge on any atom is 0.340 e. The van der Waals surface area contributed by atoms with E-state index in [1.807, 2.05) is 0 Å². The van der Waals surface area contributed by atoms with Crippen molar-refractivity contribution in [3.63, 3.8) is 0 Å². The van der Waals surface area contributed by atoms with Crippen molar-refractivity contribution in [2.24, 2.45) is 0 Å². The number of non-ortho nitro benzene ring substituents is 1. The molecule has 0 atom stereocenters. The minimum atomic E-state index is -0.523. The fourth-order valence-electron chi connectivity index (χ4n) is 2.40. The number of nitro benzene ring substituents is 1. The Hall–Kier alpha value is -3.73. The topological polar surface area (TPSA) is 137 Å². The van der Waals surface area contributed by atoms with Crippen molar-refractivity contribution < 1.29 is 23.7 Å². The zero-order valence-electron chi connectivity index (χ0n) is 15.7. The third kappa shape index (κ3) is 5.20. The Balaban J connectivity index is 1.60. The predicted octanol–water partition coefficient (Wildman–Crippen LogP) is 3.55. The molecule has 0 aliphatic carbocycles. The van der Waals surface area contributed by atoms with E-state index in [1.54, 1.807) is 31.2 Å². The van der Waals surface area contributed by atoms with Gasteiger partial charge < -0.3 is 14.5 Å². The summed E-state index contributed by atoms with van der Waals surface area (Å²) in [5.74, 6) is -0.739. The second-order valence-corrected chi connectivity index (χ2v) is 6.71. The first-order valence-corrected chi connectivity index (χ1v) is 9.73. The zero-order valence-corrected chi connectivity index (χ0v) is 16.5. The third-order valence-electron chi connectivity index (χ3n) is 3.75. The number of carbonyl (C=O) groups excluding carboxylic acids is 2. The van der Waals surface area contributed by atoms with Crippen LogP contribution >= 0.6 is 11.8 Å². The quantitative estimate of drug-likeness (QED) is 0.247. The Kier molecular flexibility index (Phi) is 6.75. The number of ether oxygens (including phenoxy) is 1. The highest BCUT2D eigenvalue weighted by atomic mass is 32.2. The van der Waals surface area contributed by atoms with Crippen molar-refractivity contribution >= 4 is 35.0 Å². The minimum Gasteiger partial charge on any atom is -0.462 e. The largest absolute Gasteiger partial charge is 0.462 e. The molecule has 10 nitrogen and oxygen atoms in total. The molecule has 0 unspecified atom stereocenters. The number of nitrogens with zero attached hydrogens (tertiary/aromatic N) is 3. The maximum atomic E-state index is 12.3. The van der Waals surface area contributed by atoms with Gasteiger partial charge in [-0.1, -0.05) is 23.9 Å². The van der Waals surface area contributed by atoms with Crippen LogP contribution in [0.2, 0.25) is 0 Å². The molecule has 0 spiro atoms. The number of aromatic nitrogens is 2. The normalized spacial score (nSPS) is 10.4. The highest BCUT2D eigenvalue weighted by Gasteiger charge is 2.16. The fourth-order valence-corrected chi connectivity index (χ4v) is 2.97. The summed E-state index contributed by atoms with van der Waals surface area (Å²) in [5.41, 5.74) is 1.08. The number of hydrogen-bond donors (Lipinski definition) is 1. The molecule has 1 heterocycles. The number of para-hydroxylation sites is 1. The summed E-state index contributed by atoms with van der Waals surface area (Å²) >= 11 is 1.02. The van der Waals surface area contributed by atoms with Crippen LogP contribution in [0.4, 0.5) is 11.4 Å². The number of benzene rings is 2. The predicted molar refractivity (Wildman–Crippen MR) is 108 cm³/mol. The van der Waals surface area contributed by atoms with Gasteiger partial charge in [-0.3, -0.25) is 14.9 Å². The standard InChI is InChI=1S/C19H16N4O6S/c1-2-28-18(25)14-5-3-4-6-15(14)20-16(24)11-30-19-22-21-17(29-19)12-7-9-13(10-8-12)23(26)27/h3-10H,2,11H2,1H3,(H,20,24). The van der Waals surface area contributed by atoms with E-state index in [4.69, 9.17) is 9.15 Å². The van der Waals surface area contributed by atoms with Crippen LogP contribution in [-0.2, 0) is 9.53 Å². The summed E-state index contributed by atoms with van der Waals surface area (Å²) in [6, 6.07) is 12.2. The number of esters is 1. The van der Waals surface area contributed by atoms with E-state index in [9.17, 15) is 19.7 Å². The maximum absolute atomic E-state index is 12.3. The highest BCUT2D eigenvalue weighted by molar-refractivity contribution is 7.99. The van der Waals surface area contributed by atoms with Crippen LogP contribution in [0, 0.1) is 10.1 Å². The second kappa shape index (κ2) is 9.65. The van der Waals surface area contributed by atoms with Gasteiger partial charge in [0, 0.05) is 17.7 Å². The Labute approximate surface area is 174 Å². The number of nitro groups is 1. The molecule has 3 rings (SSSR count). The summed E-state index contributed by atoms with van der Waals surface area (Å²) in [6.07, 6.45) is 0. The van der Waals surface area contributed by atoms with Crippen molar-refractivity contribution in [2.45, 2.75) is 12.1 Å². The van der Waals surface area contributed by atoms with E-state index >= 15 is 0 Å². The monoisotopic (exact) mass is 428 g/mol. The third-order valence-corrected chi connectivity index (χ3v) is 4.57. The lowest BCUT2D eigenvalue weighted by atomic mass is 10.2. The smallest absolute Gasteiger partial charge is 0.340 e. The van der Waals surface area contributed by atoms with E-state index in [1.165, 1.54) is 24.3 Å². The SMILES string of the molecule is CCOC(=O)c1ccccc1NC(=O)CSc1nnc(-c2ccc([N+](=O)[O-])cc2)o1. The molecule has 1 aromatic heterocycles. The van der Waals surface area contributed by atoms with E-state index < -0.39 is 10.9 Å². The molecule has 0 bridgehead atoms. The highest BCUT2D eigenvalue weighted by Crippen LogP contribution is 2.25. The molecule has 2 aromatic carbocycles. The molecule has 30 heavy (non-hydrogen) atoms. The molecule has 0 aliphatic rings. The van der Waals surface area contributed by atoms with Gasteiger partial charge >= 0.3 is 5.97 Å². The van der Waals surface area contributed by atoms with Gasteiger partial charge in [0.1, 0.15) is 0 Å². The first-order chi connectivity index (χ1) is 14.5. The Morgan fingerprint density at radius 1 is 1.17 bits per heavy atom. The molecule has 1 amide bonds. The number of hydrogen-bond acceptors (Lipinski definition) is 9. The zero-order chi connectivity index (χ0) is 21.5. The van der Waals surface area contributed by atoms with Crippen LogP contribution in [0.3, 0.4) is 0 Å². The molecule has 0 aliphatic heterocycles. The molecular weight excluding hydrogens is 412 g/mol. The van der Waals surface area contributed by atoms with Crippen LogP contribution in [0.25, 0.3) is 11.5 Å². The van der Waals surface area contributed by atoms with Crippen LogP contribution < -0.4 is 5.32 Å². The number of thioether (sulfide) groups is 1. The lowest BCUT2D eigenvalue weighted by Crippen LogP contribution is -2.17. The van der Waals surface area contributed by atoms with Gasteiger partial charge in [-0.25, -0.2) is 4.79 Å². The van der Waals surface area contributed by atoms with Gasteiger partial charge in [-0.05, 0) is 31.2 Å². The van der Waals surface area contributed by atoms with Gasteiger partial charge in [0.2, 0.25) is 11.8 Å². The molecule has 0 fully saturated rings. The molecular formula is C19H16N4O6S. The molecule has 11 heteroatoms. The van der Waals surface area contributed by atoms with Gasteiger partial charge in [0.15, 0.2) is 0 Å². The van der Waals surface area contributed by atoms with E-state index in [2.05, 4.69) is 15.5 Å². The van der Waals surface area contributed by atoms with E-state index in [-0.39, 0.29) is 40.6 Å². The van der Waals surface area contributed by atoms with Crippen LogP contribution in [0.5, 0.6) is 0 Å². The number of rotatable bonds is 8. The average molecular weight is 428 g/mol. The summed E-state index contributed by atoms with van der Waals surface area (Å²) in [5, 5.41) is 21.3. The molecule has 0 radical (unpaired) electrons. The number of anilines is 1. The van der Waals surface area contributed by atoms with Crippen molar-refractivity contribution in [3.05, 3.63) is 64.2 Å². The lowest BCUT2D eigenvalue weighted by molar-refractivity contribution is -0.384. The molecule has 3 aromatic rings.